The number of unbranched alkanes of at least 4 members (excludes halogenated alkanes) is 1. The number of hydrogen-bond acceptors (Lipinski definition) is 4. The van der Waals surface area contributed by atoms with E-state index in [4.69, 9.17) is 5.26 Å². The van der Waals surface area contributed by atoms with Gasteiger partial charge in [0.15, 0.2) is 0 Å². The van der Waals surface area contributed by atoms with Crippen molar-refractivity contribution in [2.75, 3.05) is 33.7 Å². The van der Waals surface area contributed by atoms with Gasteiger partial charge in [0, 0.05) is 6.54 Å². The van der Waals surface area contributed by atoms with Crippen LogP contribution < -0.4 is 10.6 Å². The van der Waals surface area contributed by atoms with Gasteiger partial charge in [-0.1, -0.05) is 0 Å². The number of amides is 2. The van der Waals surface area contributed by atoms with E-state index in [0.29, 0.717) is 6.54 Å². The van der Waals surface area contributed by atoms with Crippen molar-refractivity contribution in [3.63, 3.8) is 0 Å². The molecule has 0 aromatic rings. The predicted molar refractivity (Wildman–Crippen MR) is 59.4 cm³/mol. The molecule has 0 radical (unpaired) electrons. The van der Waals surface area contributed by atoms with Crippen molar-refractivity contribution in [1.82, 2.24) is 15.5 Å². The summed E-state index contributed by atoms with van der Waals surface area (Å²) < 4.78 is 0. The van der Waals surface area contributed by atoms with Crippen molar-refractivity contribution in [2.24, 2.45) is 0 Å². The van der Waals surface area contributed by atoms with Crippen LogP contribution in [0.3, 0.4) is 0 Å². The zero-order valence-corrected chi connectivity index (χ0v) is 9.75. The molecule has 0 aliphatic carbocycles. The highest BCUT2D eigenvalue weighted by Crippen LogP contribution is 1.88. The minimum absolute atomic E-state index is 0.146. The van der Waals surface area contributed by atoms with Crippen LogP contribution in [0.1, 0.15) is 12.8 Å². The smallest absolute Gasteiger partial charge is 0.310 e. The normalized spacial score (nSPS) is 9.62. The van der Waals surface area contributed by atoms with Gasteiger partial charge in [0.1, 0.15) is 6.54 Å². The van der Waals surface area contributed by atoms with E-state index in [1.807, 2.05) is 14.1 Å². The van der Waals surface area contributed by atoms with Gasteiger partial charge in [-0.05, 0) is 33.5 Å². The molecule has 90 valence electrons. The van der Waals surface area contributed by atoms with Gasteiger partial charge in [0.25, 0.3) is 0 Å². The van der Waals surface area contributed by atoms with E-state index in [1.54, 1.807) is 6.07 Å². The maximum Gasteiger partial charge on any atom is 0.310 e. The Morgan fingerprint density at radius 1 is 1.19 bits per heavy atom. The molecule has 0 aliphatic rings. The van der Waals surface area contributed by atoms with E-state index >= 15 is 0 Å². The van der Waals surface area contributed by atoms with Crippen molar-refractivity contribution in [3.05, 3.63) is 0 Å². The molecule has 6 nitrogen and oxygen atoms in total. The van der Waals surface area contributed by atoms with Crippen molar-refractivity contribution in [2.45, 2.75) is 12.8 Å². The Balaban J connectivity index is 3.51. The van der Waals surface area contributed by atoms with Gasteiger partial charge in [0.2, 0.25) is 0 Å². The molecule has 0 saturated carbocycles. The summed E-state index contributed by atoms with van der Waals surface area (Å²) in [5.74, 6) is -1.44. The summed E-state index contributed by atoms with van der Waals surface area (Å²) in [5.41, 5.74) is 0. The number of nitriles is 1. The number of carbonyl (C=O) groups is 2. The second-order valence-corrected chi connectivity index (χ2v) is 3.61. The van der Waals surface area contributed by atoms with Crippen LogP contribution in [0.25, 0.3) is 0 Å². The molecule has 6 heteroatoms. The lowest BCUT2D eigenvalue weighted by molar-refractivity contribution is -0.139. The average molecular weight is 226 g/mol. The topological polar surface area (TPSA) is 85.2 Å². The quantitative estimate of drug-likeness (QED) is 0.348. The van der Waals surface area contributed by atoms with Crippen LogP contribution in [-0.4, -0.2) is 50.4 Å². The zero-order chi connectivity index (χ0) is 12.4. The van der Waals surface area contributed by atoms with Crippen LogP contribution in [0, 0.1) is 11.3 Å². The number of nitrogens with one attached hydrogen (secondary N) is 2. The van der Waals surface area contributed by atoms with E-state index in [0.717, 1.165) is 19.4 Å². The number of carbonyl (C=O) groups excluding carboxylic acids is 2. The fourth-order valence-electron chi connectivity index (χ4n) is 1.04. The minimum atomic E-state index is -0.755. The summed E-state index contributed by atoms with van der Waals surface area (Å²) in [6, 6.07) is 1.72. The maximum absolute atomic E-state index is 11.1. The van der Waals surface area contributed by atoms with E-state index in [2.05, 4.69) is 15.5 Å². The highest BCUT2D eigenvalue weighted by Gasteiger charge is 2.10. The second-order valence-electron chi connectivity index (χ2n) is 3.61. The molecule has 2 N–H and O–H groups in total. The molecule has 16 heavy (non-hydrogen) atoms. The first-order valence-electron chi connectivity index (χ1n) is 5.15. The van der Waals surface area contributed by atoms with Crippen molar-refractivity contribution < 1.29 is 9.59 Å². The molecular weight excluding hydrogens is 208 g/mol. The standard InChI is InChI=1S/C10H18N4O2/c1-14(2)8-4-3-6-12-9(15)10(16)13-7-5-11/h3-4,6-8H2,1-2H3,(H,12,15)(H,13,16). The number of hydrogen-bond donors (Lipinski definition) is 2. The second kappa shape index (κ2) is 8.68. The van der Waals surface area contributed by atoms with E-state index in [9.17, 15) is 9.59 Å². The number of rotatable bonds is 6. The van der Waals surface area contributed by atoms with Gasteiger partial charge in [-0.15, -0.1) is 0 Å². The van der Waals surface area contributed by atoms with Gasteiger partial charge in [-0.25, -0.2) is 0 Å². The Morgan fingerprint density at radius 3 is 2.38 bits per heavy atom. The van der Waals surface area contributed by atoms with Crippen LogP contribution in [-0.2, 0) is 9.59 Å². The molecule has 0 saturated heterocycles. The first kappa shape index (κ1) is 14.4. The van der Waals surface area contributed by atoms with Crippen LogP contribution in [0.4, 0.5) is 0 Å². The molecule has 0 aliphatic heterocycles. The minimum Gasteiger partial charge on any atom is -0.348 e. The summed E-state index contributed by atoms with van der Waals surface area (Å²) in [4.78, 5) is 24.2. The highest BCUT2D eigenvalue weighted by molar-refractivity contribution is 6.35. The molecule has 0 unspecified atom stereocenters. The molecule has 0 spiro atoms. The molecule has 0 aromatic heterocycles. The van der Waals surface area contributed by atoms with Crippen LogP contribution in [0.5, 0.6) is 0 Å². The Labute approximate surface area is 95.6 Å². The fraction of sp³-hybridized carbons (Fsp3) is 0.700. The van der Waals surface area contributed by atoms with Crippen molar-refractivity contribution in [3.8, 4) is 6.07 Å². The highest BCUT2D eigenvalue weighted by atomic mass is 16.2. The van der Waals surface area contributed by atoms with E-state index in [-0.39, 0.29) is 6.54 Å². The third-order valence-corrected chi connectivity index (χ3v) is 1.85. The fourth-order valence-corrected chi connectivity index (χ4v) is 1.04. The Hall–Kier alpha value is -1.61. The molecule has 0 fully saturated rings. The van der Waals surface area contributed by atoms with Gasteiger partial charge in [0.05, 0.1) is 6.07 Å². The molecular formula is C10H18N4O2. The molecule has 0 rings (SSSR count). The van der Waals surface area contributed by atoms with Crippen LogP contribution in [0.15, 0.2) is 0 Å². The largest absolute Gasteiger partial charge is 0.348 e. The molecule has 0 aromatic carbocycles. The number of nitrogens with zero attached hydrogens (tertiary/aromatic N) is 2. The van der Waals surface area contributed by atoms with E-state index in [1.165, 1.54) is 0 Å². The van der Waals surface area contributed by atoms with Crippen LogP contribution in [0.2, 0.25) is 0 Å². The Kier molecular flexibility index (Phi) is 7.81. The average Bonchev–Trinajstić information content (AvgIpc) is 2.24. The summed E-state index contributed by atoms with van der Waals surface area (Å²) in [6.45, 7) is 1.29. The van der Waals surface area contributed by atoms with Crippen molar-refractivity contribution >= 4 is 11.8 Å². The first-order chi connectivity index (χ1) is 7.57. The zero-order valence-electron chi connectivity index (χ0n) is 9.75. The lowest BCUT2D eigenvalue weighted by Crippen LogP contribution is -2.40. The first-order valence-corrected chi connectivity index (χ1v) is 5.15. The lowest BCUT2D eigenvalue weighted by atomic mass is 10.3. The SMILES string of the molecule is CN(C)CCCCNC(=O)C(=O)NCC#N. The Morgan fingerprint density at radius 2 is 1.81 bits per heavy atom. The molecule has 0 heterocycles. The predicted octanol–water partition coefficient (Wildman–Crippen LogP) is -0.916. The van der Waals surface area contributed by atoms with Gasteiger partial charge in [-0.3, -0.25) is 9.59 Å². The molecule has 2 amide bonds. The van der Waals surface area contributed by atoms with E-state index < -0.39 is 11.8 Å². The van der Waals surface area contributed by atoms with Crippen molar-refractivity contribution in [1.29, 1.82) is 5.26 Å². The molecule has 0 atom stereocenters. The lowest BCUT2D eigenvalue weighted by Gasteiger charge is -2.09. The van der Waals surface area contributed by atoms with Gasteiger partial charge >= 0.3 is 11.8 Å². The summed E-state index contributed by atoms with van der Waals surface area (Å²) >= 11 is 0. The monoisotopic (exact) mass is 226 g/mol. The maximum atomic E-state index is 11.1. The Bertz CT molecular complexity index is 270. The summed E-state index contributed by atoms with van der Waals surface area (Å²) in [5, 5.41) is 12.9. The molecule has 0 bridgehead atoms. The third-order valence-electron chi connectivity index (χ3n) is 1.85. The third kappa shape index (κ3) is 7.76. The van der Waals surface area contributed by atoms with Crippen LogP contribution >= 0.6 is 0 Å². The van der Waals surface area contributed by atoms with Gasteiger partial charge in [-0.2, -0.15) is 5.26 Å². The summed E-state index contributed by atoms with van der Waals surface area (Å²) in [7, 11) is 3.96. The van der Waals surface area contributed by atoms with Gasteiger partial charge < -0.3 is 15.5 Å². The summed E-state index contributed by atoms with van der Waals surface area (Å²) in [6.07, 6.45) is 1.79.